The molecule has 92 valence electrons. The lowest BCUT2D eigenvalue weighted by Crippen LogP contribution is -2.34. The van der Waals surface area contributed by atoms with Crippen molar-refractivity contribution in [3.8, 4) is 0 Å². The lowest BCUT2D eigenvalue weighted by atomic mass is 10.1. The Morgan fingerprint density at radius 3 is 3.00 bits per heavy atom. The fourth-order valence-corrected chi connectivity index (χ4v) is 1.91. The van der Waals surface area contributed by atoms with Crippen LogP contribution in [0.4, 0.5) is 0 Å². The third kappa shape index (κ3) is 2.63. The van der Waals surface area contributed by atoms with Gasteiger partial charge >= 0.3 is 0 Å². The molecule has 0 bridgehead atoms. The third-order valence-electron chi connectivity index (χ3n) is 2.99. The van der Waals surface area contributed by atoms with E-state index in [4.69, 9.17) is 5.84 Å². The van der Waals surface area contributed by atoms with Crippen LogP contribution in [-0.2, 0) is 13.5 Å². The maximum atomic E-state index is 5.18. The van der Waals surface area contributed by atoms with Crippen LogP contribution in [0.5, 0.6) is 0 Å². The molecule has 5 nitrogen and oxygen atoms in total. The van der Waals surface area contributed by atoms with Crippen LogP contribution in [0.15, 0.2) is 18.2 Å². The second kappa shape index (κ2) is 5.27. The maximum Gasteiger partial charge on any atom is 0.106 e. The highest BCUT2D eigenvalue weighted by Crippen LogP contribution is 2.16. The van der Waals surface area contributed by atoms with Crippen LogP contribution in [0, 0.1) is 6.92 Å². The van der Waals surface area contributed by atoms with Crippen molar-refractivity contribution < 1.29 is 0 Å². The molecule has 5 heteroatoms. The predicted molar refractivity (Wildman–Crippen MR) is 69.3 cm³/mol. The van der Waals surface area contributed by atoms with Crippen LogP contribution in [0.3, 0.4) is 0 Å². The Hall–Kier alpha value is -1.43. The van der Waals surface area contributed by atoms with E-state index in [9.17, 15) is 0 Å². The van der Waals surface area contributed by atoms with Gasteiger partial charge in [-0.1, -0.05) is 6.07 Å². The quantitative estimate of drug-likeness (QED) is 0.303. The van der Waals surface area contributed by atoms with Crippen molar-refractivity contribution in [1.82, 2.24) is 20.3 Å². The summed E-state index contributed by atoms with van der Waals surface area (Å²) in [5.41, 5.74) is 6.11. The maximum absolute atomic E-state index is 5.18. The van der Waals surface area contributed by atoms with Crippen LogP contribution in [0.1, 0.15) is 11.4 Å². The summed E-state index contributed by atoms with van der Waals surface area (Å²) in [6.07, 6.45) is 0.979. The number of nitrogens with two attached hydrogens (primary N) is 1. The summed E-state index contributed by atoms with van der Waals surface area (Å²) >= 11 is 0. The number of nitrogens with one attached hydrogen (secondary N) is 2. The first kappa shape index (κ1) is 12.0. The van der Waals surface area contributed by atoms with E-state index in [1.165, 1.54) is 11.1 Å². The number of benzene rings is 1. The van der Waals surface area contributed by atoms with E-state index in [-0.39, 0.29) is 0 Å². The van der Waals surface area contributed by atoms with E-state index < -0.39 is 0 Å². The molecule has 4 N–H and O–H groups in total. The van der Waals surface area contributed by atoms with Crippen LogP contribution in [0.2, 0.25) is 0 Å². The lowest BCUT2D eigenvalue weighted by molar-refractivity contribution is 0.602. The van der Waals surface area contributed by atoms with Gasteiger partial charge in [0.2, 0.25) is 0 Å². The molecule has 0 aliphatic heterocycles. The molecule has 17 heavy (non-hydrogen) atoms. The molecule has 2 rings (SSSR count). The first-order valence-electron chi connectivity index (χ1n) is 5.78. The van der Waals surface area contributed by atoms with Crippen LogP contribution in [-0.4, -0.2) is 22.8 Å². The molecule has 0 radical (unpaired) electrons. The summed E-state index contributed by atoms with van der Waals surface area (Å²) in [6.45, 7) is 3.56. The van der Waals surface area contributed by atoms with E-state index in [0.717, 1.165) is 24.3 Å². The first-order valence-corrected chi connectivity index (χ1v) is 5.78. The predicted octanol–water partition coefficient (Wildman–Crippen LogP) is 0.435. The normalized spacial score (nSPS) is 11.2. The number of aromatic nitrogens is 2. The topological polar surface area (TPSA) is 67.9 Å². The molecule has 0 spiro atoms. The standard InChI is InChI=1S/C12H19N5/c1-9-16-11-7-10(5-6-14-8-15-13)3-4-12(11)17(9)2/h3-4,7,14-15H,5-6,8,13H2,1-2H3. The molecule has 1 aromatic carbocycles. The van der Waals surface area contributed by atoms with Gasteiger partial charge in [0.15, 0.2) is 0 Å². The Kier molecular flexibility index (Phi) is 3.73. The van der Waals surface area contributed by atoms with Crippen molar-refractivity contribution in [2.45, 2.75) is 13.3 Å². The van der Waals surface area contributed by atoms with Gasteiger partial charge < -0.3 is 9.88 Å². The molecule has 0 fully saturated rings. The van der Waals surface area contributed by atoms with Gasteiger partial charge in [0.05, 0.1) is 17.7 Å². The second-order valence-electron chi connectivity index (χ2n) is 4.17. The molecule has 1 aromatic heterocycles. The van der Waals surface area contributed by atoms with E-state index >= 15 is 0 Å². The summed E-state index contributed by atoms with van der Waals surface area (Å²) < 4.78 is 2.11. The average molecular weight is 233 g/mol. The van der Waals surface area contributed by atoms with Gasteiger partial charge in [-0.15, -0.1) is 0 Å². The van der Waals surface area contributed by atoms with Crippen LogP contribution >= 0.6 is 0 Å². The van der Waals surface area contributed by atoms with E-state index in [1.54, 1.807) is 0 Å². The Bertz CT molecular complexity index is 503. The Labute approximate surface area is 101 Å². The minimum atomic E-state index is 0.630. The first-order chi connectivity index (χ1) is 8.22. The van der Waals surface area contributed by atoms with Crippen molar-refractivity contribution in [2.24, 2.45) is 12.9 Å². The summed E-state index contributed by atoms with van der Waals surface area (Å²) in [4.78, 5) is 4.53. The smallest absolute Gasteiger partial charge is 0.106 e. The zero-order valence-corrected chi connectivity index (χ0v) is 10.3. The molecule has 0 aliphatic rings. The molecule has 0 atom stereocenters. The van der Waals surface area contributed by atoms with Gasteiger partial charge in [0.25, 0.3) is 0 Å². The Morgan fingerprint density at radius 2 is 2.24 bits per heavy atom. The van der Waals surface area contributed by atoms with Gasteiger partial charge in [-0.25, -0.2) is 10.4 Å². The minimum Gasteiger partial charge on any atom is -0.331 e. The number of aryl methyl sites for hydroxylation is 2. The van der Waals surface area contributed by atoms with E-state index in [2.05, 4.69) is 38.5 Å². The van der Waals surface area contributed by atoms with Gasteiger partial charge in [0.1, 0.15) is 5.82 Å². The van der Waals surface area contributed by atoms with Crippen molar-refractivity contribution in [3.05, 3.63) is 29.6 Å². The number of imidazole rings is 1. The number of hydrazine groups is 1. The van der Waals surface area contributed by atoms with Gasteiger partial charge in [-0.05, 0) is 31.0 Å². The zero-order chi connectivity index (χ0) is 12.3. The molecular formula is C12H19N5. The largest absolute Gasteiger partial charge is 0.331 e. The number of fused-ring (bicyclic) bond motifs is 1. The van der Waals surface area contributed by atoms with E-state index in [1.807, 2.05) is 14.0 Å². The fraction of sp³-hybridized carbons (Fsp3) is 0.417. The zero-order valence-electron chi connectivity index (χ0n) is 10.3. The molecule has 1 heterocycles. The van der Waals surface area contributed by atoms with Gasteiger partial charge in [-0.2, -0.15) is 0 Å². The minimum absolute atomic E-state index is 0.630. The molecule has 0 saturated heterocycles. The summed E-state index contributed by atoms with van der Waals surface area (Å²) in [6, 6.07) is 6.44. The number of rotatable bonds is 5. The second-order valence-corrected chi connectivity index (χ2v) is 4.17. The molecule has 0 saturated carbocycles. The van der Waals surface area contributed by atoms with Crippen molar-refractivity contribution in [1.29, 1.82) is 0 Å². The summed E-state index contributed by atoms with van der Waals surface area (Å²) in [7, 11) is 2.04. The Morgan fingerprint density at radius 1 is 1.41 bits per heavy atom. The number of hydrogen-bond donors (Lipinski definition) is 3. The van der Waals surface area contributed by atoms with E-state index in [0.29, 0.717) is 6.67 Å². The van der Waals surface area contributed by atoms with Gasteiger partial charge in [-0.3, -0.25) is 5.84 Å². The van der Waals surface area contributed by atoms with Gasteiger partial charge in [0, 0.05) is 13.6 Å². The molecular weight excluding hydrogens is 214 g/mol. The highest BCUT2D eigenvalue weighted by Gasteiger charge is 2.04. The number of hydrogen-bond acceptors (Lipinski definition) is 4. The van der Waals surface area contributed by atoms with Crippen molar-refractivity contribution in [2.75, 3.05) is 13.2 Å². The SMILES string of the molecule is Cc1nc2cc(CCNCNN)ccc2n1C. The third-order valence-corrected chi connectivity index (χ3v) is 2.99. The highest BCUT2D eigenvalue weighted by atomic mass is 15.3. The average Bonchev–Trinajstić information content (AvgIpc) is 2.61. The Balaban J connectivity index is 2.09. The monoisotopic (exact) mass is 233 g/mol. The summed E-state index contributed by atoms with van der Waals surface area (Å²) in [5.74, 6) is 6.22. The van der Waals surface area contributed by atoms with Crippen molar-refractivity contribution in [3.63, 3.8) is 0 Å². The molecule has 0 aliphatic carbocycles. The van der Waals surface area contributed by atoms with Crippen molar-refractivity contribution >= 4 is 11.0 Å². The summed E-state index contributed by atoms with van der Waals surface area (Å²) in [5, 5.41) is 3.19. The van der Waals surface area contributed by atoms with Crippen LogP contribution in [0.25, 0.3) is 11.0 Å². The fourth-order valence-electron chi connectivity index (χ4n) is 1.91. The lowest BCUT2D eigenvalue weighted by Gasteiger charge is -2.04. The molecule has 0 unspecified atom stereocenters. The number of nitrogens with zero attached hydrogens (tertiary/aromatic N) is 2. The molecule has 2 aromatic rings. The highest BCUT2D eigenvalue weighted by molar-refractivity contribution is 5.76. The van der Waals surface area contributed by atoms with Crippen LogP contribution < -0.4 is 16.6 Å². The molecule has 0 amide bonds.